The number of furan rings is 1. The van der Waals surface area contributed by atoms with Crippen LogP contribution in [0.25, 0.3) is 0 Å². The van der Waals surface area contributed by atoms with Crippen molar-refractivity contribution < 1.29 is 4.42 Å². The molecule has 1 N–H and O–H groups in total. The highest BCUT2D eigenvalue weighted by Crippen LogP contribution is 2.30. The number of aromatic nitrogens is 2. The molecular formula is C31H60N2O. The van der Waals surface area contributed by atoms with Gasteiger partial charge in [0.15, 0.2) is 0 Å². The average molecular weight is 477 g/mol. The van der Waals surface area contributed by atoms with Gasteiger partial charge in [-0.25, -0.2) is 0 Å². The number of hydrogen-bond donors (Lipinski definition) is 1. The second-order valence-electron chi connectivity index (χ2n) is 10.1. The molecule has 0 radical (unpaired) electrons. The molecule has 2 aromatic rings. The summed E-state index contributed by atoms with van der Waals surface area (Å²) in [5, 5.41) is 6.79. The maximum atomic E-state index is 4.94. The van der Waals surface area contributed by atoms with E-state index in [1.807, 2.05) is 53.7 Å². The first-order valence-corrected chi connectivity index (χ1v) is 12.7. The number of H-pyrrole nitrogens is 1. The van der Waals surface area contributed by atoms with Crippen molar-refractivity contribution in [2.24, 2.45) is 5.41 Å². The fraction of sp³-hybridized carbons (Fsp3) is 0.645. The van der Waals surface area contributed by atoms with Crippen molar-refractivity contribution in [3.8, 4) is 0 Å². The van der Waals surface area contributed by atoms with Gasteiger partial charge in [0.25, 0.3) is 0 Å². The number of rotatable bonds is 0. The van der Waals surface area contributed by atoms with Crippen LogP contribution < -0.4 is 0 Å². The summed E-state index contributed by atoms with van der Waals surface area (Å²) >= 11 is 0. The molecule has 0 amide bonds. The van der Waals surface area contributed by atoms with E-state index >= 15 is 0 Å². The van der Waals surface area contributed by atoms with E-state index in [0.29, 0.717) is 5.41 Å². The van der Waals surface area contributed by atoms with Crippen molar-refractivity contribution in [3.63, 3.8) is 0 Å². The Morgan fingerprint density at radius 1 is 0.765 bits per heavy atom. The fourth-order valence-electron chi connectivity index (χ4n) is 2.37. The van der Waals surface area contributed by atoms with Gasteiger partial charge in [0.2, 0.25) is 0 Å². The third-order valence-corrected chi connectivity index (χ3v) is 4.43. The Labute approximate surface area is 214 Å². The molecule has 3 rings (SSSR count). The quantitative estimate of drug-likeness (QED) is 0.410. The van der Waals surface area contributed by atoms with Gasteiger partial charge in [0, 0.05) is 17.3 Å². The van der Waals surface area contributed by atoms with Crippen molar-refractivity contribution in [2.45, 2.75) is 129 Å². The third kappa shape index (κ3) is 18.4. The third-order valence-electron chi connectivity index (χ3n) is 4.43. The molecule has 1 aliphatic carbocycles. The molecule has 0 saturated heterocycles. The second-order valence-corrected chi connectivity index (χ2v) is 10.1. The highest BCUT2D eigenvalue weighted by molar-refractivity contribution is 5.26. The predicted molar refractivity (Wildman–Crippen MR) is 157 cm³/mol. The van der Waals surface area contributed by atoms with Crippen LogP contribution in [-0.2, 0) is 10.8 Å². The lowest BCUT2D eigenvalue weighted by Gasteiger charge is -2.19. The van der Waals surface area contributed by atoms with Crippen molar-refractivity contribution in [3.05, 3.63) is 65.9 Å². The molecule has 0 unspecified atom stereocenters. The molecule has 0 fully saturated rings. The van der Waals surface area contributed by atoms with E-state index in [4.69, 9.17) is 4.42 Å². The summed E-state index contributed by atoms with van der Waals surface area (Å²) in [4.78, 5) is 0. The first-order chi connectivity index (χ1) is 15.3. The average Bonchev–Trinajstić information content (AvgIpc) is 3.55. The Balaban J connectivity index is -0.000000176. The Morgan fingerprint density at radius 2 is 1.29 bits per heavy atom. The summed E-state index contributed by atoms with van der Waals surface area (Å²) in [5.74, 6) is 0. The molecular weight excluding hydrogens is 416 g/mol. The molecule has 0 saturated carbocycles. The lowest BCUT2D eigenvalue weighted by molar-refractivity contribution is 0.496. The van der Waals surface area contributed by atoms with E-state index in [-0.39, 0.29) is 18.3 Å². The normalized spacial score (nSPS) is 11.7. The molecule has 34 heavy (non-hydrogen) atoms. The predicted octanol–water partition coefficient (Wildman–Crippen LogP) is 10.9. The smallest absolute Gasteiger partial charge is 0.0939 e. The largest absolute Gasteiger partial charge is 0.472 e. The zero-order valence-electron chi connectivity index (χ0n) is 24.7. The molecule has 0 atom stereocenters. The van der Waals surface area contributed by atoms with E-state index in [1.165, 1.54) is 11.3 Å². The van der Waals surface area contributed by atoms with Crippen molar-refractivity contribution in [1.82, 2.24) is 10.2 Å². The first-order valence-electron chi connectivity index (χ1n) is 12.7. The molecule has 1 aliphatic rings. The molecule has 0 bridgehead atoms. The summed E-state index contributed by atoms with van der Waals surface area (Å²) in [6.45, 7) is 31.7. The molecule has 3 heteroatoms. The highest BCUT2D eigenvalue weighted by Gasteiger charge is 2.16. The lowest BCUT2D eigenvalue weighted by atomic mass is 9.86. The summed E-state index contributed by atoms with van der Waals surface area (Å²) < 4.78 is 4.94. The monoisotopic (exact) mass is 476 g/mol. The Bertz CT molecular complexity index is 655. The van der Waals surface area contributed by atoms with E-state index in [1.54, 1.807) is 24.3 Å². The van der Waals surface area contributed by atoms with E-state index < -0.39 is 0 Å². The minimum atomic E-state index is 0. The van der Waals surface area contributed by atoms with Crippen LogP contribution in [0.15, 0.2) is 59.1 Å². The number of nitrogens with zero attached hydrogens (tertiary/aromatic N) is 1. The van der Waals surface area contributed by atoms with Gasteiger partial charge in [0.05, 0.1) is 12.5 Å². The number of nitrogens with one attached hydrogen (secondary N) is 1. The van der Waals surface area contributed by atoms with Gasteiger partial charge in [-0.2, -0.15) is 5.10 Å². The SMILES string of the molecule is C.CC.CC.CC.CC(C)(C)C1=CC=CC1.CC(C)(C)c1ccn[nH]1.CC(C)(C)c1ccoc1. The zero-order valence-corrected chi connectivity index (χ0v) is 24.7. The van der Waals surface area contributed by atoms with E-state index in [0.717, 1.165) is 6.42 Å². The summed E-state index contributed by atoms with van der Waals surface area (Å²) in [6, 6.07) is 4.00. The standard InChI is InChI=1S/C9H14.C8H12O.C7H12N2.3C2H6.CH4/c1-9(2,3)8-6-4-5-7-8;1-8(2,3)7-4-5-9-6-7;1-7(2,3)6-4-5-8-9-6;3*1-2;/h4-6H,7H2,1-3H3;4-6H,1-3H3;4-5H,1-3H3,(H,8,9);3*1-2H3;1H4. The van der Waals surface area contributed by atoms with Gasteiger partial charge in [-0.3, -0.25) is 5.10 Å². The molecule has 0 aromatic carbocycles. The molecule has 3 nitrogen and oxygen atoms in total. The second kappa shape index (κ2) is 20.4. The molecule has 0 spiro atoms. The minimum Gasteiger partial charge on any atom is -0.472 e. The molecule has 0 aliphatic heterocycles. The van der Waals surface area contributed by atoms with Gasteiger partial charge in [-0.05, 0) is 34.9 Å². The fourth-order valence-corrected chi connectivity index (χ4v) is 2.37. The molecule has 2 aromatic heterocycles. The van der Waals surface area contributed by atoms with Gasteiger partial charge in [-0.1, -0.05) is 135 Å². The van der Waals surface area contributed by atoms with Crippen molar-refractivity contribution in [1.29, 1.82) is 0 Å². The summed E-state index contributed by atoms with van der Waals surface area (Å²) in [6.07, 6.45) is 13.0. The van der Waals surface area contributed by atoms with Crippen LogP contribution in [0.2, 0.25) is 0 Å². The van der Waals surface area contributed by atoms with E-state index in [9.17, 15) is 0 Å². The van der Waals surface area contributed by atoms with Gasteiger partial charge < -0.3 is 4.42 Å². The Hall–Kier alpha value is -2.03. The van der Waals surface area contributed by atoms with Crippen molar-refractivity contribution in [2.75, 3.05) is 0 Å². The van der Waals surface area contributed by atoms with Crippen LogP contribution in [0.5, 0.6) is 0 Å². The highest BCUT2D eigenvalue weighted by atomic mass is 16.3. The number of aromatic amines is 1. The maximum absolute atomic E-state index is 4.94. The zero-order chi connectivity index (χ0) is 26.7. The van der Waals surface area contributed by atoms with Crippen LogP contribution in [0.1, 0.15) is 129 Å². The molecule has 200 valence electrons. The summed E-state index contributed by atoms with van der Waals surface area (Å²) in [5.41, 5.74) is 4.79. The van der Waals surface area contributed by atoms with Crippen LogP contribution in [0.4, 0.5) is 0 Å². The van der Waals surface area contributed by atoms with Crippen LogP contribution in [0.3, 0.4) is 0 Å². The van der Waals surface area contributed by atoms with Crippen molar-refractivity contribution >= 4 is 0 Å². The van der Waals surface area contributed by atoms with Crippen LogP contribution in [-0.4, -0.2) is 10.2 Å². The summed E-state index contributed by atoms with van der Waals surface area (Å²) in [7, 11) is 0. The van der Waals surface area contributed by atoms with Crippen LogP contribution in [0, 0.1) is 5.41 Å². The van der Waals surface area contributed by atoms with Gasteiger partial charge in [-0.15, -0.1) is 0 Å². The maximum Gasteiger partial charge on any atom is 0.0939 e. The molecule has 2 heterocycles. The minimum absolute atomic E-state index is 0. The van der Waals surface area contributed by atoms with E-state index in [2.05, 4.69) is 90.7 Å². The Morgan fingerprint density at radius 3 is 1.47 bits per heavy atom. The van der Waals surface area contributed by atoms with Gasteiger partial charge >= 0.3 is 0 Å². The lowest BCUT2D eigenvalue weighted by Crippen LogP contribution is -2.11. The van der Waals surface area contributed by atoms with Gasteiger partial charge in [0.1, 0.15) is 0 Å². The number of hydrogen-bond acceptors (Lipinski definition) is 2. The number of allylic oxidation sites excluding steroid dienone is 4. The Kier molecular flexibility index (Phi) is 23.5. The topological polar surface area (TPSA) is 41.8 Å². The first kappa shape index (κ1) is 39.2. The van der Waals surface area contributed by atoms with Crippen LogP contribution >= 0.6 is 0 Å².